The van der Waals surface area contributed by atoms with Crippen LogP contribution in [0.4, 0.5) is 0 Å². The average Bonchev–Trinajstić information content (AvgIpc) is 2.40. The van der Waals surface area contributed by atoms with Crippen molar-refractivity contribution in [3.63, 3.8) is 0 Å². The lowest BCUT2D eigenvalue weighted by Crippen LogP contribution is -2.37. The summed E-state index contributed by atoms with van der Waals surface area (Å²) in [5, 5.41) is 0. The number of nitrogens with zero attached hydrogens (tertiary/aromatic N) is 1. The van der Waals surface area contributed by atoms with E-state index in [1.807, 2.05) is 6.07 Å². The van der Waals surface area contributed by atoms with Crippen LogP contribution >= 0.6 is 15.9 Å². The van der Waals surface area contributed by atoms with Gasteiger partial charge in [0.05, 0.1) is 11.0 Å². The van der Waals surface area contributed by atoms with Crippen molar-refractivity contribution in [2.45, 2.75) is 30.3 Å². The van der Waals surface area contributed by atoms with Gasteiger partial charge in [-0.3, -0.25) is 0 Å². The number of likely N-dealkylation sites (N-methyl/N-ethyl adjacent to an activating group) is 1. The molecule has 1 saturated heterocycles. The van der Waals surface area contributed by atoms with Crippen molar-refractivity contribution in [3.8, 4) is 0 Å². The van der Waals surface area contributed by atoms with E-state index in [0.29, 0.717) is 11.4 Å². The first-order valence-electron chi connectivity index (χ1n) is 6.33. The average molecular weight is 348 g/mol. The van der Waals surface area contributed by atoms with Crippen molar-refractivity contribution in [1.29, 1.82) is 0 Å². The maximum Gasteiger partial charge on any atom is 0.242 e. The molecular formula is C13H18BrNO3S. The van der Waals surface area contributed by atoms with E-state index in [-0.39, 0.29) is 6.10 Å². The number of ether oxygens (including phenoxy) is 1. The molecule has 0 aromatic heterocycles. The van der Waals surface area contributed by atoms with Gasteiger partial charge in [0.1, 0.15) is 0 Å². The van der Waals surface area contributed by atoms with Gasteiger partial charge >= 0.3 is 0 Å². The maximum atomic E-state index is 12.4. The van der Waals surface area contributed by atoms with Crippen molar-refractivity contribution in [3.05, 3.63) is 28.7 Å². The highest BCUT2D eigenvalue weighted by Crippen LogP contribution is 2.21. The van der Waals surface area contributed by atoms with Crippen molar-refractivity contribution in [2.75, 3.05) is 20.2 Å². The van der Waals surface area contributed by atoms with Gasteiger partial charge in [-0.15, -0.1) is 0 Å². The lowest BCUT2D eigenvalue weighted by atomic mass is 10.1. The number of hydrogen-bond donors (Lipinski definition) is 0. The summed E-state index contributed by atoms with van der Waals surface area (Å²) in [5.74, 6) is 0. The number of rotatable bonds is 4. The summed E-state index contributed by atoms with van der Waals surface area (Å²) in [6.45, 7) is 1.14. The zero-order valence-corrected chi connectivity index (χ0v) is 13.3. The molecule has 1 heterocycles. The highest BCUT2D eigenvalue weighted by Gasteiger charge is 2.25. The van der Waals surface area contributed by atoms with Crippen LogP contribution in [-0.4, -0.2) is 39.0 Å². The predicted octanol–water partition coefficient (Wildman–Crippen LogP) is 2.64. The van der Waals surface area contributed by atoms with Crippen molar-refractivity contribution < 1.29 is 13.2 Å². The van der Waals surface area contributed by atoms with Crippen molar-refractivity contribution in [1.82, 2.24) is 4.31 Å². The largest absolute Gasteiger partial charge is 0.377 e. The predicted molar refractivity (Wildman–Crippen MR) is 77.5 cm³/mol. The molecule has 0 spiro atoms. The Balaban J connectivity index is 2.10. The molecule has 106 valence electrons. The molecule has 0 saturated carbocycles. The minimum atomic E-state index is -3.44. The molecule has 1 fully saturated rings. The van der Waals surface area contributed by atoms with Gasteiger partial charge in [-0.25, -0.2) is 8.42 Å². The number of hydrogen-bond acceptors (Lipinski definition) is 3. The van der Waals surface area contributed by atoms with E-state index in [0.717, 1.165) is 30.3 Å². The first-order valence-corrected chi connectivity index (χ1v) is 8.57. The summed E-state index contributed by atoms with van der Waals surface area (Å²) in [4.78, 5) is 0.306. The minimum Gasteiger partial charge on any atom is -0.377 e. The van der Waals surface area contributed by atoms with Gasteiger partial charge in [0.2, 0.25) is 10.0 Å². The first-order chi connectivity index (χ1) is 9.00. The maximum absolute atomic E-state index is 12.4. The van der Waals surface area contributed by atoms with E-state index >= 15 is 0 Å². The molecule has 1 aromatic carbocycles. The highest BCUT2D eigenvalue weighted by molar-refractivity contribution is 9.10. The van der Waals surface area contributed by atoms with Crippen LogP contribution in [0, 0.1) is 0 Å². The molecule has 1 aromatic rings. The second-order valence-electron chi connectivity index (χ2n) is 4.73. The van der Waals surface area contributed by atoms with E-state index < -0.39 is 10.0 Å². The van der Waals surface area contributed by atoms with E-state index in [1.165, 1.54) is 4.31 Å². The molecule has 0 N–H and O–H groups in total. The number of benzene rings is 1. The summed E-state index contributed by atoms with van der Waals surface area (Å²) in [6, 6.07) is 6.76. The fourth-order valence-corrected chi connectivity index (χ4v) is 3.94. The van der Waals surface area contributed by atoms with Crippen LogP contribution < -0.4 is 0 Å². The topological polar surface area (TPSA) is 46.6 Å². The van der Waals surface area contributed by atoms with Gasteiger partial charge < -0.3 is 4.74 Å². The molecule has 0 bridgehead atoms. The lowest BCUT2D eigenvalue weighted by molar-refractivity contribution is 0.00858. The van der Waals surface area contributed by atoms with Crippen LogP contribution in [-0.2, 0) is 14.8 Å². The van der Waals surface area contributed by atoms with E-state index in [1.54, 1.807) is 25.2 Å². The standard InChI is InChI=1S/C13H18BrNO3S/c1-15(10-12-6-2-3-8-18-12)19(16,17)13-7-4-5-11(14)9-13/h4-5,7,9,12H,2-3,6,8,10H2,1H3. The van der Waals surface area contributed by atoms with Crippen LogP contribution in [0.25, 0.3) is 0 Å². The Morgan fingerprint density at radius 3 is 2.84 bits per heavy atom. The van der Waals surface area contributed by atoms with Crippen LogP contribution in [0.15, 0.2) is 33.6 Å². The fourth-order valence-electron chi connectivity index (χ4n) is 2.14. The van der Waals surface area contributed by atoms with Crippen LogP contribution in [0.5, 0.6) is 0 Å². The second kappa shape index (κ2) is 6.35. The number of sulfonamides is 1. The van der Waals surface area contributed by atoms with Gasteiger partial charge in [-0.2, -0.15) is 4.31 Å². The Bertz CT molecular complexity index is 526. The molecule has 2 rings (SSSR count). The Hall–Kier alpha value is -0.430. The Kier molecular flexibility index (Phi) is 5.00. The Labute approximate surface area is 122 Å². The van der Waals surface area contributed by atoms with Crippen molar-refractivity contribution in [2.24, 2.45) is 0 Å². The third-order valence-corrected chi connectivity index (χ3v) is 5.55. The summed E-state index contributed by atoms with van der Waals surface area (Å²) < 4.78 is 32.5. The van der Waals surface area contributed by atoms with Gasteiger partial charge in [0.15, 0.2) is 0 Å². The Morgan fingerprint density at radius 1 is 1.42 bits per heavy atom. The molecule has 4 nitrogen and oxygen atoms in total. The molecule has 1 aliphatic heterocycles. The fraction of sp³-hybridized carbons (Fsp3) is 0.538. The lowest BCUT2D eigenvalue weighted by Gasteiger charge is -2.27. The third-order valence-electron chi connectivity index (χ3n) is 3.24. The summed E-state index contributed by atoms with van der Waals surface area (Å²) in [6.07, 6.45) is 3.12. The van der Waals surface area contributed by atoms with Gasteiger partial charge in [0.25, 0.3) is 0 Å². The van der Waals surface area contributed by atoms with E-state index in [4.69, 9.17) is 4.74 Å². The highest BCUT2D eigenvalue weighted by atomic mass is 79.9. The first kappa shape index (κ1) is 15.0. The zero-order valence-electron chi connectivity index (χ0n) is 10.9. The smallest absolute Gasteiger partial charge is 0.242 e. The van der Waals surface area contributed by atoms with Gasteiger partial charge in [-0.05, 0) is 37.5 Å². The van der Waals surface area contributed by atoms with E-state index in [9.17, 15) is 8.42 Å². The third kappa shape index (κ3) is 3.78. The van der Waals surface area contributed by atoms with Gasteiger partial charge in [0, 0.05) is 24.7 Å². The molecule has 19 heavy (non-hydrogen) atoms. The van der Waals surface area contributed by atoms with Gasteiger partial charge in [-0.1, -0.05) is 22.0 Å². The second-order valence-corrected chi connectivity index (χ2v) is 7.69. The molecule has 6 heteroatoms. The van der Waals surface area contributed by atoms with Crippen LogP contribution in [0.3, 0.4) is 0 Å². The molecule has 1 atom stereocenters. The normalized spacial score (nSPS) is 20.7. The zero-order chi connectivity index (χ0) is 13.9. The molecule has 1 unspecified atom stereocenters. The quantitative estimate of drug-likeness (QED) is 0.840. The van der Waals surface area contributed by atoms with Crippen LogP contribution in [0.1, 0.15) is 19.3 Å². The number of halogens is 1. The van der Waals surface area contributed by atoms with E-state index in [2.05, 4.69) is 15.9 Å². The van der Waals surface area contributed by atoms with Crippen molar-refractivity contribution >= 4 is 26.0 Å². The van der Waals surface area contributed by atoms with Crippen LogP contribution in [0.2, 0.25) is 0 Å². The molecule has 1 aliphatic rings. The molecule has 0 aliphatic carbocycles. The molecule has 0 amide bonds. The minimum absolute atomic E-state index is 0.0145. The molecule has 0 radical (unpaired) electrons. The monoisotopic (exact) mass is 347 g/mol. The summed E-state index contributed by atoms with van der Waals surface area (Å²) in [7, 11) is -1.83. The summed E-state index contributed by atoms with van der Waals surface area (Å²) in [5.41, 5.74) is 0. The Morgan fingerprint density at radius 2 is 2.21 bits per heavy atom. The molecular weight excluding hydrogens is 330 g/mol. The SMILES string of the molecule is CN(CC1CCCCO1)S(=O)(=O)c1cccc(Br)c1. The summed E-state index contributed by atoms with van der Waals surface area (Å²) >= 11 is 3.29.